The zero-order chi connectivity index (χ0) is 19.0. The van der Waals surface area contributed by atoms with E-state index in [1.54, 1.807) is 0 Å². The number of rotatable bonds is 3. The molecule has 3 N–H and O–H groups in total. The normalized spacial score (nSPS) is 16.0. The number of anilines is 1. The fraction of sp³-hybridized carbons (Fsp3) is 0.273. The predicted molar refractivity (Wildman–Crippen MR) is 107 cm³/mol. The van der Waals surface area contributed by atoms with Gasteiger partial charge in [-0.25, -0.2) is 4.68 Å². The summed E-state index contributed by atoms with van der Waals surface area (Å²) in [4.78, 5) is 13.1. The van der Waals surface area contributed by atoms with E-state index in [1.807, 2.05) is 67.1 Å². The zero-order valence-corrected chi connectivity index (χ0v) is 15.7. The van der Waals surface area contributed by atoms with Crippen molar-refractivity contribution in [2.45, 2.75) is 39.2 Å². The second kappa shape index (κ2) is 6.91. The second-order valence-corrected chi connectivity index (χ2v) is 7.17. The van der Waals surface area contributed by atoms with Crippen LogP contribution < -0.4 is 11.1 Å². The van der Waals surface area contributed by atoms with Gasteiger partial charge in [0.15, 0.2) is 0 Å². The number of carbonyl (C=O) groups is 1. The summed E-state index contributed by atoms with van der Waals surface area (Å²) in [6.45, 7) is 3.83. The quantitative estimate of drug-likeness (QED) is 0.696. The zero-order valence-electron chi connectivity index (χ0n) is 15.7. The molecule has 138 valence electrons. The standard InChI is InChI=1S/C22H24N4O/c1-14-21(15(2)26(25-14)18-8-4-3-5-9-18)22(27)24-20-10-6-7-16-13-17(23)11-12-19(16)20/h3-5,8-9,11-13,20H,6-7,10,23H2,1-2H3,(H,24,27). The van der Waals surface area contributed by atoms with E-state index >= 15 is 0 Å². The highest BCUT2D eigenvalue weighted by Gasteiger charge is 2.25. The van der Waals surface area contributed by atoms with Crippen molar-refractivity contribution >= 4 is 11.6 Å². The van der Waals surface area contributed by atoms with E-state index in [9.17, 15) is 4.79 Å². The van der Waals surface area contributed by atoms with Crippen molar-refractivity contribution < 1.29 is 4.79 Å². The molecule has 27 heavy (non-hydrogen) atoms. The molecule has 0 bridgehead atoms. The summed E-state index contributed by atoms with van der Waals surface area (Å²) in [5, 5.41) is 7.81. The molecule has 1 aliphatic carbocycles. The molecule has 1 heterocycles. The lowest BCUT2D eigenvalue weighted by atomic mass is 9.87. The van der Waals surface area contributed by atoms with E-state index in [0.717, 1.165) is 42.0 Å². The molecule has 4 rings (SSSR count). The van der Waals surface area contributed by atoms with Gasteiger partial charge >= 0.3 is 0 Å². The van der Waals surface area contributed by atoms with Gasteiger partial charge in [-0.05, 0) is 68.5 Å². The van der Waals surface area contributed by atoms with Crippen molar-refractivity contribution in [2.75, 3.05) is 5.73 Å². The van der Waals surface area contributed by atoms with Crippen molar-refractivity contribution in [2.24, 2.45) is 0 Å². The van der Waals surface area contributed by atoms with Gasteiger partial charge in [0.2, 0.25) is 0 Å². The summed E-state index contributed by atoms with van der Waals surface area (Å²) in [5.41, 5.74) is 12.3. The Kier molecular flexibility index (Phi) is 4.44. The molecule has 1 aliphatic rings. The average Bonchev–Trinajstić information content (AvgIpc) is 2.96. The molecule has 2 aromatic carbocycles. The van der Waals surface area contributed by atoms with Crippen LogP contribution in [-0.2, 0) is 6.42 Å². The van der Waals surface area contributed by atoms with Gasteiger partial charge in [-0.1, -0.05) is 24.3 Å². The molecule has 1 unspecified atom stereocenters. The number of aromatic nitrogens is 2. The Balaban J connectivity index is 1.63. The van der Waals surface area contributed by atoms with E-state index < -0.39 is 0 Å². The number of aryl methyl sites for hydroxylation is 2. The molecule has 0 fully saturated rings. The molecule has 0 radical (unpaired) electrons. The molecule has 1 aromatic heterocycles. The number of nitrogens with one attached hydrogen (secondary N) is 1. The molecule has 0 aliphatic heterocycles. The lowest BCUT2D eigenvalue weighted by Crippen LogP contribution is -2.31. The molecule has 0 spiro atoms. The van der Waals surface area contributed by atoms with Crippen LogP contribution in [0.5, 0.6) is 0 Å². The smallest absolute Gasteiger partial charge is 0.255 e. The van der Waals surface area contributed by atoms with E-state index in [-0.39, 0.29) is 11.9 Å². The highest BCUT2D eigenvalue weighted by molar-refractivity contribution is 5.96. The van der Waals surface area contributed by atoms with Crippen LogP contribution in [0, 0.1) is 13.8 Å². The summed E-state index contributed by atoms with van der Waals surface area (Å²) in [6, 6.07) is 15.9. The largest absolute Gasteiger partial charge is 0.399 e. The van der Waals surface area contributed by atoms with Crippen molar-refractivity contribution in [3.63, 3.8) is 0 Å². The lowest BCUT2D eigenvalue weighted by Gasteiger charge is -2.26. The topological polar surface area (TPSA) is 72.9 Å². The van der Waals surface area contributed by atoms with Crippen molar-refractivity contribution in [1.82, 2.24) is 15.1 Å². The van der Waals surface area contributed by atoms with Crippen molar-refractivity contribution in [1.29, 1.82) is 0 Å². The van der Waals surface area contributed by atoms with Crippen molar-refractivity contribution in [3.05, 3.63) is 76.6 Å². The van der Waals surface area contributed by atoms with Gasteiger partial charge in [-0.2, -0.15) is 5.10 Å². The molecular weight excluding hydrogens is 336 g/mol. The summed E-state index contributed by atoms with van der Waals surface area (Å²) in [7, 11) is 0. The maximum absolute atomic E-state index is 13.1. The number of carbonyl (C=O) groups excluding carboxylic acids is 1. The van der Waals surface area contributed by atoms with Crippen LogP contribution in [0.2, 0.25) is 0 Å². The molecule has 5 nitrogen and oxygen atoms in total. The van der Waals surface area contributed by atoms with Crippen LogP contribution in [-0.4, -0.2) is 15.7 Å². The second-order valence-electron chi connectivity index (χ2n) is 7.17. The SMILES string of the molecule is Cc1nn(-c2ccccc2)c(C)c1C(=O)NC1CCCc2cc(N)ccc21. The average molecular weight is 360 g/mol. The van der Waals surface area contributed by atoms with E-state index in [4.69, 9.17) is 5.73 Å². The van der Waals surface area contributed by atoms with Crippen LogP contribution in [0.3, 0.4) is 0 Å². The van der Waals surface area contributed by atoms with E-state index in [2.05, 4.69) is 10.4 Å². The molecule has 1 amide bonds. The maximum atomic E-state index is 13.1. The number of nitrogen functional groups attached to an aromatic ring is 1. The number of nitrogens with zero attached hydrogens (tertiary/aromatic N) is 2. The molecule has 0 saturated carbocycles. The first-order valence-corrected chi connectivity index (χ1v) is 9.35. The number of amides is 1. The van der Waals surface area contributed by atoms with Crippen LogP contribution in [0.15, 0.2) is 48.5 Å². The molecule has 5 heteroatoms. The van der Waals surface area contributed by atoms with Crippen LogP contribution in [0.25, 0.3) is 5.69 Å². The lowest BCUT2D eigenvalue weighted by molar-refractivity contribution is 0.0931. The first-order valence-electron chi connectivity index (χ1n) is 9.35. The number of nitrogens with two attached hydrogens (primary N) is 1. The third-order valence-electron chi connectivity index (χ3n) is 5.31. The summed E-state index contributed by atoms with van der Waals surface area (Å²) < 4.78 is 1.83. The third kappa shape index (κ3) is 3.21. The summed E-state index contributed by atoms with van der Waals surface area (Å²) >= 11 is 0. The fourth-order valence-corrected chi connectivity index (χ4v) is 4.01. The fourth-order valence-electron chi connectivity index (χ4n) is 4.01. The van der Waals surface area contributed by atoms with Crippen LogP contribution in [0.1, 0.15) is 51.8 Å². The Bertz CT molecular complexity index is 991. The van der Waals surface area contributed by atoms with E-state index in [0.29, 0.717) is 5.56 Å². The van der Waals surface area contributed by atoms with Gasteiger partial charge in [-0.3, -0.25) is 4.79 Å². The van der Waals surface area contributed by atoms with Gasteiger partial charge < -0.3 is 11.1 Å². The van der Waals surface area contributed by atoms with Gasteiger partial charge in [-0.15, -0.1) is 0 Å². The Morgan fingerprint density at radius 2 is 1.96 bits per heavy atom. The monoisotopic (exact) mass is 360 g/mol. The number of para-hydroxylation sites is 1. The Hall–Kier alpha value is -3.08. The summed E-state index contributed by atoms with van der Waals surface area (Å²) in [6.07, 6.45) is 2.99. The van der Waals surface area contributed by atoms with E-state index in [1.165, 1.54) is 11.1 Å². The van der Waals surface area contributed by atoms with Gasteiger partial charge in [0.05, 0.1) is 28.7 Å². The minimum atomic E-state index is -0.0677. The number of benzene rings is 2. The van der Waals surface area contributed by atoms with Crippen LogP contribution in [0.4, 0.5) is 5.69 Å². The molecule has 0 saturated heterocycles. The molecular formula is C22H24N4O. The predicted octanol–water partition coefficient (Wildman–Crippen LogP) is 3.88. The Morgan fingerprint density at radius 1 is 1.19 bits per heavy atom. The first-order chi connectivity index (χ1) is 13.0. The highest BCUT2D eigenvalue weighted by Crippen LogP contribution is 2.31. The third-order valence-corrected chi connectivity index (χ3v) is 5.31. The number of fused-ring (bicyclic) bond motifs is 1. The minimum absolute atomic E-state index is 0.0146. The maximum Gasteiger partial charge on any atom is 0.255 e. The Morgan fingerprint density at radius 3 is 2.74 bits per heavy atom. The molecule has 1 atom stereocenters. The van der Waals surface area contributed by atoms with Gasteiger partial charge in [0.1, 0.15) is 0 Å². The first kappa shape index (κ1) is 17.3. The summed E-state index contributed by atoms with van der Waals surface area (Å²) in [5.74, 6) is -0.0677. The number of hydrogen-bond acceptors (Lipinski definition) is 3. The van der Waals surface area contributed by atoms with Gasteiger partial charge in [0, 0.05) is 5.69 Å². The number of hydrogen-bond donors (Lipinski definition) is 2. The highest BCUT2D eigenvalue weighted by atomic mass is 16.1. The van der Waals surface area contributed by atoms with Crippen molar-refractivity contribution in [3.8, 4) is 5.69 Å². The Labute approximate surface area is 159 Å². The van der Waals surface area contributed by atoms with Gasteiger partial charge in [0.25, 0.3) is 5.91 Å². The molecule has 3 aromatic rings. The minimum Gasteiger partial charge on any atom is -0.399 e. The van der Waals surface area contributed by atoms with Crippen LogP contribution >= 0.6 is 0 Å².